The molecule has 1 aliphatic rings. The first-order valence-electron chi connectivity index (χ1n) is 9.52. The van der Waals surface area contributed by atoms with Gasteiger partial charge in [-0.15, -0.1) is 11.8 Å². The second-order valence-electron chi connectivity index (χ2n) is 6.79. The van der Waals surface area contributed by atoms with Crippen molar-refractivity contribution in [2.45, 2.75) is 16.6 Å². The number of anilines is 1. The highest BCUT2D eigenvalue weighted by molar-refractivity contribution is 8.00. The second kappa shape index (κ2) is 8.97. The Labute approximate surface area is 182 Å². The maximum absolute atomic E-state index is 12.9. The van der Waals surface area contributed by atoms with E-state index in [9.17, 15) is 19.2 Å². The quantitative estimate of drug-likeness (QED) is 0.253. The van der Waals surface area contributed by atoms with E-state index >= 15 is 0 Å². The molecule has 0 spiro atoms. The number of aldehydes is 1. The summed E-state index contributed by atoms with van der Waals surface area (Å²) in [7, 11) is 0. The van der Waals surface area contributed by atoms with E-state index in [0.717, 1.165) is 0 Å². The van der Waals surface area contributed by atoms with Crippen LogP contribution in [0.4, 0.5) is 5.69 Å². The van der Waals surface area contributed by atoms with Gasteiger partial charge in [0.15, 0.2) is 0 Å². The van der Waals surface area contributed by atoms with Gasteiger partial charge in [-0.3, -0.25) is 14.4 Å². The van der Waals surface area contributed by atoms with Crippen LogP contribution in [0.25, 0.3) is 0 Å². The van der Waals surface area contributed by atoms with Crippen molar-refractivity contribution < 1.29 is 23.9 Å². The Morgan fingerprint density at radius 1 is 0.935 bits per heavy atom. The molecule has 1 heterocycles. The zero-order valence-electron chi connectivity index (χ0n) is 16.3. The predicted molar refractivity (Wildman–Crippen MR) is 116 cm³/mol. The molecule has 1 unspecified atom stereocenters. The summed E-state index contributed by atoms with van der Waals surface area (Å²) in [5, 5.41) is -0.631. The minimum atomic E-state index is -0.631. The smallest absolute Gasteiger partial charge is 0.344 e. The average molecular weight is 431 g/mol. The van der Waals surface area contributed by atoms with E-state index in [0.29, 0.717) is 33.7 Å². The zero-order valence-corrected chi connectivity index (χ0v) is 17.1. The number of amides is 2. The second-order valence-corrected chi connectivity index (χ2v) is 8.03. The maximum atomic E-state index is 12.9. The predicted octanol–water partition coefficient (Wildman–Crippen LogP) is 4.14. The Hall–Kier alpha value is -3.71. The van der Waals surface area contributed by atoms with Crippen molar-refractivity contribution in [3.8, 4) is 5.75 Å². The Bertz CT molecular complexity index is 1140. The van der Waals surface area contributed by atoms with Gasteiger partial charge in [0.2, 0.25) is 11.8 Å². The Morgan fingerprint density at radius 3 is 2.32 bits per heavy atom. The lowest BCUT2D eigenvalue weighted by molar-refractivity contribution is -0.121. The number of esters is 1. The number of para-hydroxylation sites is 1. The highest BCUT2D eigenvalue weighted by Crippen LogP contribution is 2.35. The van der Waals surface area contributed by atoms with Crippen LogP contribution in [0.5, 0.6) is 5.75 Å². The Kier molecular flexibility index (Phi) is 5.95. The first kappa shape index (κ1) is 20.6. The van der Waals surface area contributed by atoms with Crippen molar-refractivity contribution in [3.05, 3.63) is 90.0 Å². The molecule has 0 N–H and O–H groups in total. The standard InChI is InChI=1S/C24H17NO5S/c26-15-16-10-12-18(13-11-16)30-24(29)19-8-4-5-9-20(19)31-21-14-22(27)25(23(21)28)17-6-2-1-3-7-17/h1-13,15,21H,14H2. The molecule has 1 aliphatic heterocycles. The SMILES string of the molecule is O=Cc1ccc(OC(=O)c2ccccc2SC2CC(=O)N(c3ccccc3)C2=O)cc1. The first-order chi connectivity index (χ1) is 15.1. The lowest BCUT2D eigenvalue weighted by Gasteiger charge is -2.15. The molecule has 1 atom stereocenters. The van der Waals surface area contributed by atoms with Gasteiger partial charge >= 0.3 is 5.97 Å². The number of benzene rings is 3. The van der Waals surface area contributed by atoms with Gasteiger partial charge in [0.25, 0.3) is 0 Å². The largest absolute Gasteiger partial charge is 0.423 e. The van der Waals surface area contributed by atoms with Crippen LogP contribution in [-0.2, 0) is 9.59 Å². The van der Waals surface area contributed by atoms with E-state index in [1.807, 2.05) is 6.07 Å². The molecule has 0 bridgehead atoms. The highest BCUT2D eigenvalue weighted by atomic mass is 32.2. The maximum Gasteiger partial charge on any atom is 0.344 e. The molecule has 0 saturated carbocycles. The zero-order chi connectivity index (χ0) is 21.8. The van der Waals surface area contributed by atoms with E-state index in [-0.39, 0.29) is 18.2 Å². The number of ether oxygens (including phenoxy) is 1. The average Bonchev–Trinajstić information content (AvgIpc) is 3.08. The van der Waals surface area contributed by atoms with Crippen molar-refractivity contribution in [1.82, 2.24) is 0 Å². The molecule has 154 valence electrons. The third kappa shape index (κ3) is 4.41. The summed E-state index contributed by atoms with van der Waals surface area (Å²) < 4.78 is 5.41. The minimum Gasteiger partial charge on any atom is -0.423 e. The summed E-state index contributed by atoms with van der Waals surface area (Å²) in [5.41, 5.74) is 1.31. The fourth-order valence-corrected chi connectivity index (χ4v) is 4.39. The fraction of sp³-hybridized carbons (Fsp3) is 0.0833. The number of rotatable bonds is 6. The number of nitrogens with zero attached hydrogens (tertiary/aromatic N) is 1. The van der Waals surface area contributed by atoms with Gasteiger partial charge in [-0.1, -0.05) is 30.3 Å². The number of carbonyl (C=O) groups excluding carboxylic acids is 4. The third-order valence-electron chi connectivity index (χ3n) is 4.72. The molecule has 2 amide bonds. The van der Waals surface area contributed by atoms with E-state index in [1.165, 1.54) is 28.8 Å². The van der Waals surface area contributed by atoms with Crippen molar-refractivity contribution >= 4 is 41.5 Å². The van der Waals surface area contributed by atoms with Crippen molar-refractivity contribution in [2.75, 3.05) is 4.90 Å². The summed E-state index contributed by atoms with van der Waals surface area (Å²) in [6, 6.07) is 21.7. The highest BCUT2D eigenvalue weighted by Gasteiger charge is 2.40. The molecule has 4 rings (SSSR count). The van der Waals surface area contributed by atoms with Gasteiger partial charge < -0.3 is 4.74 Å². The number of thioether (sulfide) groups is 1. The summed E-state index contributed by atoms with van der Waals surface area (Å²) >= 11 is 1.17. The van der Waals surface area contributed by atoms with E-state index in [4.69, 9.17) is 4.74 Å². The minimum absolute atomic E-state index is 0.0505. The molecule has 1 saturated heterocycles. The summed E-state index contributed by atoms with van der Waals surface area (Å²) in [6.45, 7) is 0. The molecular weight excluding hydrogens is 414 g/mol. The molecule has 1 fully saturated rings. The molecule has 6 nitrogen and oxygen atoms in total. The van der Waals surface area contributed by atoms with E-state index in [2.05, 4.69) is 0 Å². The fourth-order valence-electron chi connectivity index (χ4n) is 3.21. The summed E-state index contributed by atoms with van der Waals surface area (Å²) in [5.74, 6) is -0.866. The van der Waals surface area contributed by atoms with Gasteiger partial charge in [0.1, 0.15) is 12.0 Å². The molecule has 3 aromatic rings. The molecule has 31 heavy (non-hydrogen) atoms. The van der Waals surface area contributed by atoms with Crippen LogP contribution in [0.15, 0.2) is 83.8 Å². The topological polar surface area (TPSA) is 80.8 Å². The lowest BCUT2D eigenvalue weighted by Crippen LogP contribution is -2.31. The van der Waals surface area contributed by atoms with Gasteiger partial charge in [-0.25, -0.2) is 9.69 Å². The van der Waals surface area contributed by atoms with Crippen LogP contribution in [0, 0.1) is 0 Å². The number of imide groups is 1. The van der Waals surface area contributed by atoms with Crippen molar-refractivity contribution in [1.29, 1.82) is 0 Å². The van der Waals surface area contributed by atoms with E-state index in [1.54, 1.807) is 60.7 Å². The number of hydrogen-bond acceptors (Lipinski definition) is 6. The van der Waals surface area contributed by atoms with Crippen LogP contribution >= 0.6 is 11.8 Å². The molecule has 0 aliphatic carbocycles. The molecule has 0 radical (unpaired) electrons. The lowest BCUT2D eigenvalue weighted by atomic mass is 10.2. The molecule has 3 aromatic carbocycles. The Morgan fingerprint density at radius 2 is 1.61 bits per heavy atom. The van der Waals surface area contributed by atoms with Crippen LogP contribution in [-0.4, -0.2) is 29.3 Å². The molecule has 0 aromatic heterocycles. The molecular formula is C24H17NO5S. The van der Waals surface area contributed by atoms with Gasteiger partial charge in [0, 0.05) is 16.9 Å². The van der Waals surface area contributed by atoms with Crippen molar-refractivity contribution in [3.63, 3.8) is 0 Å². The summed E-state index contributed by atoms with van der Waals surface area (Å²) in [4.78, 5) is 50.6. The number of hydrogen-bond donors (Lipinski definition) is 0. The van der Waals surface area contributed by atoms with Gasteiger partial charge in [-0.2, -0.15) is 0 Å². The Balaban J connectivity index is 1.52. The van der Waals surface area contributed by atoms with E-state index < -0.39 is 11.2 Å². The van der Waals surface area contributed by atoms with Crippen LogP contribution < -0.4 is 9.64 Å². The number of carbonyl (C=O) groups is 4. The van der Waals surface area contributed by atoms with Crippen LogP contribution in [0.2, 0.25) is 0 Å². The normalized spacial score (nSPS) is 15.7. The summed E-state index contributed by atoms with van der Waals surface area (Å²) in [6.07, 6.45) is 0.755. The van der Waals surface area contributed by atoms with Crippen LogP contribution in [0.3, 0.4) is 0 Å². The molecule has 7 heteroatoms. The van der Waals surface area contributed by atoms with Gasteiger partial charge in [0.05, 0.1) is 16.5 Å². The van der Waals surface area contributed by atoms with Crippen molar-refractivity contribution in [2.24, 2.45) is 0 Å². The monoisotopic (exact) mass is 431 g/mol. The third-order valence-corrected chi connectivity index (χ3v) is 5.99. The van der Waals surface area contributed by atoms with Crippen LogP contribution in [0.1, 0.15) is 27.1 Å². The van der Waals surface area contributed by atoms with Gasteiger partial charge in [-0.05, 0) is 48.5 Å². The first-order valence-corrected chi connectivity index (χ1v) is 10.4.